The SMILES string of the molecule is CN(C(=O)c1nc(-c2ccc(Cl)cc2Cl)n(-c2ccc(-c3nnn(C)n3)cc2)c1CO)C1CCCCC1. The molecule has 2 heterocycles. The molecule has 1 saturated carbocycles. The molecule has 0 saturated heterocycles. The number of imidazole rings is 1. The summed E-state index contributed by atoms with van der Waals surface area (Å²) < 4.78 is 1.77. The molecule has 1 aliphatic rings. The number of aryl methyl sites for hydroxylation is 1. The number of carbonyl (C=O) groups excluding carboxylic acids is 1. The maximum atomic E-state index is 13.7. The lowest BCUT2D eigenvalue weighted by Gasteiger charge is -2.31. The van der Waals surface area contributed by atoms with E-state index in [4.69, 9.17) is 28.2 Å². The number of hydrogen-bond acceptors (Lipinski definition) is 6. The minimum atomic E-state index is -0.384. The monoisotopic (exact) mass is 539 g/mol. The van der Waals surface area contributed by atoms with E-state index in [1.54, 1.807) is 34.7 Å². The Labute approximate surface area is 224 Å². The van der Waals surface area contributed by atoms with Crippen LogP contribution in [0.4, 0.5) is 0 Å². The highest BCUT2D eigenvalue weighted by Gasteiger charge is 2.30. The fourth-order valence-corrected chi connectivity index (χ4v) is 5.35. The number of aliphatic hydroxyl groups is 1. The molecule has 2 aromatic heterocycles. The summed E-state index contributed by atoms with van der Waals surface area (Å²) in [6.45, 7) is -0.384. The Kier molecular flexibility index (Phi) is 7.28. The molecule has 0 aliphatic heterocycles. The van der Waals surface area contributed by atoms with E-state index < -0.39 is 0 Å². The van der Waals surface area contributed by atoms with Gasteiger partial charge in [-0.3, -0.25) is 9.36 Å². The van der Waals surface area contributed by atoms with Gasteiger partial charge in [0.25, 0.3) is 5.91 Å². The zero-order chi connectivity index (χ0) is 26.1. The van der Waals surface area contributed by atoms with Crippen LogP contribution in [0, 0.1) is 0 Å². The van der Waals surface area contributed by atoms with Gasteiger partial charge in [-0.15, -0.1) is 10.2 Å². The van der Waals surface area contributed by atoms with Crippen LogP contribution in [0.2, 0.25) is 10.0 Å². The summed E-state index contributed by atoms with van der Waals surface area (Å²) in [5.74, 6) is 0.714. The van der Waals surface area contributed by atoms with E-state index >= 15 is 0 Å². The van der Waals surface area contributed by atoms with Gasteiger partial charge in [0.2, 0.25) is 5.82 Å². The van der Waals surface area contributed by atoms with Crippen molar-refractivity contribution in [3.63, 3.8) is 0 Å². The highest BCUT2D eigenvalue weighted by Crippen LogP contribution is 2.34. The summed E-state index contributed by atoms with van der Waals surface area (Å²) in [6, 6.07) is 12.7. The van der Waals surface area contributed by atoms with Crippen molar-refractivity contribution in [3.05, 3.63) is 63.9 Å². The molecular formula is C26H27Cl2N7O2. The van der Waals surface area contributed by atoms with Gasteiger partial charge in [0.1, 0.15) is 5.82 Å². The first-order valence-electron chi connectivity index (χ1n) is 12.2. The number of amides is 1. The van der Waals surface area contributed by atoms with Crippen molar-refractivity contribution >= 4 is 29.1 Å². The highest BCUT2D eigenvalue weighted by atomic mass is 35.5. The zero-order valence-electron chi connectivity index (χ0n) is 20.6. The first kappa shape index (κ1) is 25.4. The highest BCUT2D eigenvalue weighted by molar-refractivity contribution is 6.36. The predicted octanol–water partition coefficient (Wildman–Crippen LogP) is 4.93. The summed E-state index contributed by atoms with van der Waals surface area (Å²) in [6.07, 6.45) is 5.31. The minimum Gasteiger partial charge on any atom is -0.390 e. The minimum absolute atomic E-state index is 0.152. The molecule has 0 unspecified atom stereocenters. The third-order valence-electron chi connectivity index (χ3n) is 6.83. The van der Waals surface area contributed by atoms with Crippen LogP contribution in [-0.4, -0.2) is 58.8 Å². The number of benzene rings is 2. The lowest BCUT2D eigenvalue weighted by Crippen LogP contribution is -2.38. The smallest absolute Gasteiger partial charge is 0.274 e. The molecule has 4 aromatic rings. The van der Waals surface area contributed by atoms with E-state index in [1.165, 1.54) is 11.2 Å². The molecule has 1 N–H and O–H groups in total. The van der Waals surface area contributed by atoms with Crippen LogP contribution in [0.25, 0.3) is 28.5 Å². The quantitative estimate of drug-likeness (QED) is 0.372. The van der Waals surface area contributed by atoms with Gasteiger partial charge in [-0.1, -0.05) is 42.5 Å². The number of halogens is 2. The fraction of sp³-hybridized carbons (Fsp3) is 0.346. The second-order valence-corrected chi connectivity index (χ2v) is 10.0. The second kappa shape index (κ2) is 10.6. The normalized spacial score (nSPS) is 14.2. The zero-order valence-corrected chi connectivity index (χ0v) is 22.1. The lowest BCUT2D eigenvalue weighted by molar-refractivity contribution is 0.0687. The predicted molar refractivity (Wildman–Crippen MR) is 142 cm³/mol. The van der Waals surface area contributed by atoms with Gasteiger partial charge >= 0.3 is 0 Å². The molecule has 9 nitrogen and oxygen atoms in total. The summed E-state index contributed by atoms with van der Waals surface area (Å²) >= 11 is 12.7. The second-order valence-electron chi connectivity index (χ2n) is 9.21. The first-order chi connectivity index (χ1) is 17.9. The summed E-state index contributed by atoms with van der Waals surface area (Å²) in [7, 11) is 3.52. The van der Waals surface area contributed by atoms with Crippen LogP contribution in [0.3, 0.4) is 0 Å². The van der Waals surface area contributed by atoms with Gasteiger partial charge in [-0.05, 0) is 60.5 Å². The molecule has 2 aromatic carbocycles. The van der Waals surface area contributed by atoms with Crippen LogP contribution >= 0.6 is 23.2 Å². The van der Waals surface area contributed by atoms with Crippen molar-refractivity contribution in [3.8, 4) is 28.5 Å². The van der Waals surface area contributed by atoms with Crippen LogP contribution in [0.15, 0.2) is 42.5 Å². The molecular weight excluding hydrogens is 513 g/mol. The molecule has 37 heavy (non-hydrogen) atoms. The summed E-state index contributed by atoms with van der Waals surface area (Å²) in [4.78, 5) is 21.6. The summed E-state index contributed by atoms with van der Waals surface area (Å²) in [5, 5.41) is 23.6. The molecule has 0 bridgehead atoms. The van der Waals surface area contributed by atoms with Gasteiger partial charge in [0.05, 0.1) is 24.4 Å². The van der Waals surface area contributed by atoms with E-state index in [0.717, 1.165) is 31.2 Å². The molecule has 5 rings (SSSR count). The molecule has 0 atom stereocenters. The fourth-order valence-electron chi connectivity index (χ4n) is 4.86. The van der Waals surface area contributed by atoms with Crippen molar-refractivity contribution in [1.82, 2.24) is 34.7 Å². The molecule has 0 spiro atoms. The molecule has 192 valence electrons. The van der Waals surface area contributed by atoms with Gasteiger partial charge in [0, 0.05) is 34.9 Å². The Balaban J connectivity index is 1.63. The molecule has 0 radical (unpaired) electrons. The number of hydrogen-bond donors (Lipinski definition) is 1. The van der Waals surface area contributed by atoms with Crippen LogP contribution in [0.1, 0.15) is 48.3 Å². The lowest BCUT2D eigenvalue weighted by atomic mass is 9.94. The van der Waals surface area contributed by atoms with Crippen molar-refractivity contribution in [2.24, 2.45) is 7.05 Å². The van der Waals surface area contributed by atoms with Crippen molar-refractivity contribution < 1.29 is 9.90 Å². The van der Waals surface area contributed by atoms with Crippen molar-refractivity contribution in [2.75, 3.05) is 7.05 Å². The van der Waals surface area contributed by atoms with Crippen molar-refractivity contribution in [2.45, 2.75) is 44.8 Å². The number of rotatable bonds is 6. The summed E-state index contributed by atoms with van der Waals surface area (Å²) in [5.41, 5.74) is 2.67. The molecule has 1 fully saturated rings. The third-order valence-corrected chi connectivity index (χ3v) is 7.38. The Morgan fingerprint density at radius 2 is 1.84 bits per heavy atom. The maximum absolute atomic E-state index is 13.7. The first-order valence-corrected chi connectivity index (χ1v) is 12.9. The third kappa shape index (κ3) is 4.99. The standard InChI is InChI=1S/C26H27Cl2N7O2/c1-33(18-6-4-3-5-7-18)26(37)23-22(15-36)35(25(29-23)20-13-10-17(27)14-21(20)28)19-11-8-16(9-12-19)24-30-32-34(2)31-24/h8-14,18,36H,3-7,15H2,1-2H3. The van der Waals surface area contributed by atoms with Gasteiger partial charge < -0.3 is 10.0 Å². The largest absolute Gasteiger partial charge is 0.390 e. The van der Waals surface area contributed by atoms with Crippen LogP contribution in [-0.2, 0) is 13.7 Å². The van der Waals surface area contributed by atoms with E-state index in [9.17, 15) is 9.90 Å². The number of aliphatic hydroxyl groups excluding tert-OH is 1. The Morgan fingerprint density at radius 3 is 2.46 bits per heavy atom. The van der Waals surface area contributed by atoms with Crippen LogP contribution < -0.4 is 0 Å². The van der Waals surface area contributed by atoms with E-state index in [1.807, 2.05) is 31.3 Å². The Bertz CT molecular complexity index is 1430. The maximum Gasteiger partial charge on any atom is 0.274 e. The van der Waals surface area contributed by atoms with E-state index in [-0.39, 0.29) is 24.2 Å². The van der Waals surface area contributed by atoms with E-state index in [2.05, 4.69) is 15.4 Å². The number of tetrazole rings is 1. The molecule has 1 aliphatic carbocycles. The van der Waals surface area contributed by atoms with Gasteiger partial charge in [-0.25, -0.2) is 4.98 Å². The van der Waals surface area contributed by atoms with E-state index in [0.29, 0.717) is 38.6 Å². The molecule has 11 heteroatoms. The van der Waals surface area contributed by atoms with Gasteiger partial charge in [0.15, 0.2) is 5.69 Å². The number of aromatic nitrogens is 6. The topological polar surface area (TPSA) is 102 Å². The van der Waals surface area contributed by atoms with Gasteiger partial charge in [-0.2, -0.15) is 4.80 Å². The number of carbonyl (C=O) groups is 1. The Morgan fingerprint density at radius 1 is 1.11 bits per heavy atom. The van der Waals surface area contributed by atoms with Crippen molar-refractivity contribution in [1.29, 1.82) is 0 Å². The van der Waals surface area contributed by atoms with Crippen LogP contribution in [0.5, 0.6) is 0 Å². The average molecular weight is 540 g/mol. The number of nitrogens with zero attached hydrogens (tertiary/aromatic N) is 7. The molecule has 1 amide bonds. The average Bonchev–Trinajstić information content (AvgIpc) is 3.52. The Hall–Kier alpha value is -3.27.